The lowest BCUT2D eigenvalue weighted by Crippen LogP contribution is -2.37. The van der Waals surface area contributed by atoms with Crippen molar-refractivity contribution in [2.45, 2.75) is 71.6 Å². The molecule has 3 aromatic rings. The number of amides is 3. The Kier molecular flexibility index (Phi) is 11.8. The van der Waals surface area contributed by atoms with Crippen LogP contribution in [0, 0.1) is 5.92 Å². The van der Waals surface area contributed by atoms with Gasteiger partial charge >= 0.3 is 6.03 Å². The number of methoxy groups -OCH3 is 1. The highest BCUT2D eigenvalue weighted by molar-refractivity contribution is 7.17. The Morgan fingerprint density at radius 1 is 1.02 bits per heavy atom. The van der Waals surface area contributed by atoms with Gasteiger partial charge in [0.05, 0.1) is 25.5 Å². The summed E-state index contributed by atoms with van der Waals surface area (Å²) in [7, 11) is 1.53. The molecule has 1 fully saturated rings. The van der Waals surface area contributed by atoms with Crippen molar-refractivity contribution in [1.29, 1.82) is 0 Å². The second kappa shape index (κ2) is 15.7. The average molecular weight is 610 g/mol. The monoisotopic (exact) mass is 609 g/mol. The first-order chi connectivity index (χ1) is 20.8. The summed E-state index contributed by atoms with van der Waals surface area (Å²) in [6, 6.07) is 12.6. The SMILES string of the molecule is CCC(CC)NC(=O)Nc1ccc(Oc2cnc(NC(=O)c3ccc(C(OC4CCNCC4)C(C)C)cc3)s2)c(OC)c1. The number of carbonyl (C=O) groups excluding carboxylic acids is 2. The van der Waals surface area contributed by atoms with Crippen molar-refractivity contribution in [2.24, 2.45) is 5.92 Å². The van der Waals surface area contributed by atoms with Gasteiger partial charge in [-0.2, -0.15) is 0 Å². The Morgan fingerprint density at radius 3 is 2.40 bits per heavy atom. The molecule has 0 spiro atoms. The summed E-state index contributed by atoms with van der Waals surface area (Å²) >= 11 is 1.20. The molecule has 43 heavy (non-hydrogen) atoms. The Labute approximate surface area is 257 Å². The first kappa shape index (κ1) is 32.2. The van der Waals surface area contributed by atoms with Crippen LogP contribution in [-0.2, 0) is 4.74 Å². The lowest BCUT2D eigenvalue weighted by molar-refractivity contribution is -0.0499. The van der Waals surface area contributed by atoms with Gasteiger partial charge in [0, 0.05) is 23.4 Å². The number of thiazole rings is 1. The number of nitrogens with one attached hydrogen (secondary N) is 4. The molecule has 11 heteroatoms. The quantitative estimate of drug-likeness (QED) is 0.165. The summed E-state index contributed by atoms with van der Waals surface area (Å²) in [6.07, 6.45) is 5.51. The van der Waals surface area contributed by atoms with Crippen LogP contribution in [0.2, 0.25) is 0 Å². The van der Waals surface area contributed by atoms with E-state index in [1.807, 2.05) is 38.1 Å². The van der Waals surface area contributed by atoms with Crippen LogP contribution in [0.4, 0.5) is 15.6 Å². The maximum absolute atomic E-state index is 13.0. The zero-order valence-corrected chi connectivity index (χ0v) is 26.4. The van der Waals surface area contributed by atoms with Gasteiger partial charge < -0.3 is 30.2 Å². The van der Waals surface area contributed by atoms with Crippen LogP contribution in [0.1, 0.15) is 75.4 Å². The van der Waals surface area contributed by atoms with Gasteiger partial charge in [-0.1, -0.05) is 51.2 Å². The highest BCUT2D eigenvalue weighted by Gasteiger charge is 2.23. The number of aromatic nitrogens is 1. The maximum atomic E-state index is 13.0. The third kappa shape index (κ3) is 9.16. The number of hydrogen-bond acceptors (Lipinski definition) is 8. The molecular formula is C32H43N5O5S. The first-order valence-corrected chi connectivity index (χ1v) is 15.8. The van der Waals surface area contributed by atoms with Crippen molar-refractivity contribution >= 4 is 34.1 Å². The molecule has 1 aliphatic rings. The van der Waals surface area contributed by atoms with Gasteiger partial charge in [-0.15, -0.1) is 0 Å². The number of nitrogens with zero attached hydrogens (tertiary/aromatic N) is 1. The fourth-order valence-electron chi connectivity index (χ4n) is 4.90. The molecule has 0 aliphatic carbocycles. The van der Waals surface area contributed by atoms with E-state index < -0.39 is 0 Å². The lowest BCUT2D eigenvalue weighted by atomic mass is 9.97. The molecule has 1 atom stereocenters. The summed E-state index contributed by atoms with van der Waals surface area (Å²) < 4.78 is 17.9. The van der Waals surface area contributed by atoms with E-state index in [1.54, 1.807) is 24.4 Å². The summed E-state index contributed by atoms with van der Waals surface area (Å²) in [5, 5.41) is 12.9. The van der Waals surface area contributed by atoms with Crippen molar-refractivity contribution in [3.05, 3.63) is 59.8 Å². The maximum Gasteiger partial charge on any atom is 0.319 e. The third-order valence-electron chi connectivity index (χ3n) is 7.39. The number of ether oxygens (including phenoxy) is 3. The smallest absolute Gasteiger partial charge is 0.319 e. The highest BCUT2D eigenvalue weighted by atomic mass is 32.1. The molecule has 0 saturated carbocycles. The van der Waals surface area contributed by atoms with E-state index in [0.29, 0.717) is 38.9 Å². The zero-order chi connectivity index (χ0) is 30.8. The number of carbonyl (C=O) groups is 2. The van der Waals surface area contributed by atoms with Gasteiger partial charge in [-0.3, -0.25) is 10.1 Å². The average Bonchev–Trinajstić information content (AvgIpc) is 3.46. The van der Waals surface area contributed by atoms with E-state index in [-0.39, 0.29) is 30.2 Å². The summed E-state index contributed by atoms with van der Waals surface area (Å²) in [5.41, 5.74) is 2.18. The van der Waals surface area contributed by atoms with Crippen molar-refractivity contribution in [3.63, 3.8) is 0 Å². The molecule has 0 bridgehead atoms. The lowest BCUT2D eigenvalue weighted by Gasteiger charge is -2.30. The van der Waals surface area contributed by atoms with Gasteiger partial charge in [0.25, 0.3) is 5.91 Å². The van der Waals surface area contributed by atoms with Crippen molar-refractivity contribution in [2.75, 3.05) is 30.8 Å². The molecule has 4 N–H and O–H groups in total. The number of anilines is 2. The van der Waals surface area contributed by atoms with Crippen LogP contribution in [0.3, 0.4) is 0 Å². The number of hydrogen-bond donors (Lipinski definition) is 4. The molecule has 4 rings (SSSR count). The van der Waals surface area contributed by atoms with Crippen LogP contribution >= 0.6 is 11.3 Å². The van der Waals surface area contributed by atoms with E-state index in [0.717, 1.165) is 44.3 Å². The molecule has 232 valence electrons. The molecule has 1 aromatic heterocycles. The Balaban J connectivity index is 1.34. The van der Waals surface area contributed by atoms with Crippen molar-refractivity contribution in [1.82, 2.24) is 15.6 Å². The minimum absolute atomic E-state index is 0.0210. The topological polar surface area (TPSA) is 123 Å². The fourth-order valence-corrected chi connectivity index (χ4v) is 5.58. The molecule has 10 nitrogen and oxygen atoms in total. The molecule has 3 amide bonds. The molecule has 1 aliphatic heterocycles. The number of urea groups is 1. The summed E-state index contributed by atoms with van der Waals surface area (Å²) in [6.45, 7) is 10.3. The van der Waals surface area contributed by atoms with Crippen molar-refractivity contribution in [3.8, 4) is 16.6 Å². The van der Waals surface area contributed by atoms with Gasteiger partial charge in [-0.25, -0.2) is 9.78 Å². The minimum Gasteiger partial charge on any atom is -0.493 e. The van der Waals surface area contributed by atoms with Crippen LogP contribution in [0.15, 0.2) is 48.7 Å². The van der Waals surface area contributed by atoms with E-state index in [9.17, 15) is 9.59 Å². The van der Waals surface area contributed by atoms with Crippen molar-refractivity contribution < 1.29 is 23.8 Å². The molecule has 0 radical (unpaired) electrons. The predicted molar refractivity (Wildman–Crippen MR) is 171 cm³/mol. The summed E-state index contributed by atoms with van der Waals surface area (Å²) in [4.78, 5) is 29.6. The van der Waals surface area contributed by atoms with Crippen LogP contribution in [-0.4, -0.2) is 49.3 Å². The minimum atomic E-state index is -0.271. The molecule has 1 unspecified atom stereocenters. The zero-order valence-electron chi connectivity index (χ0n) is 25.6. The third-order valence-corrected chi connectivity index (χ3v) is 8.18. The molecular weight excluding hydrogens is 566 g/mol. The Hall–Kier alpha value is -3.67. The summed E-state index contributed by atoms with van der Waals surface area (Å²) in [5.74, 6) is 0.959. The standard InChI is InChI=1S/C32H43N5O5S/c1-6-23(7-2)35-31(39)36-24-12-13-26(27(18-24)40-5)42-28-19-34-32(43-28)37-30(38)22-10-8-21(9-11-22)29(20(3)4)41-25-14-16-33-17-15-25/h8-13,18-20,23,25,29,33H,6-7,14-17H2,1-5H3,(H,34,37,38)(H2,35,36,39). The van der Waals surface area contributed by atoms with Gasteiger partial charge in [0.2, 0.25) is 5.06 Å². The fraction of sp³-hybridized carbons (Fsp3) is 0.469. The Bertz CT molecular complexity index is 1340. The first-order valence-electron chi connectivity index (χ1n) is 15.0. The second-order valence-corrected chi connectivity index (χ2v) is 11.9. The van der Waals surface area contributed by atoms with E-state index in [2.05, 4.69) is 40.1 Å². The highest BCUT2D eigenvalue weighted by Crippen LogP contribution is 2.37. The largest absolute Gasteiger partial charge is 0.493 e. The normalized spacial score (nSPS) is 14.4. The van der Waals surface area contributed by atoms with E-state index in [1.165, 1.54) is 18.4 Å². The Morgan fingerprint density at radius 2 is 1.74 bits per heavy atom. The van der Waals surface area contributed by atoms with Crippen LogP contribution in [0.5, 0.6) is 16.6 Å². The van der Waals surface area contributed by atoms with Gasteiger partial charge in [-0.05, 0) is 74.5 Å². The second-order valence-electron chi connectivity index (χ2n) is 10.9. The van der Waals surface area contributed by atoms with E-state index >= 15 is 0 Å². The predicted octanol–water partition coefficient (Wildman–Crippen LogP) is 6.97. The molecule has 2 aromatic carbocycles. The number of piperidine rings is 1. The van der Waals surface area contributed by atoms with E-state index in [4.69, 9.17) is 14.2 Å². The molecule has 1 saturated heterocycles. The molecule has 2 heterocycles. The van der Waals surface area contributed by atoms with Gasteiger partial charge in [0.1, 0.15) is 0 Å². The number of benzene rings is 2. The van der Waals surface area contributed by atoms with Gasteiger partial charge in [0.15, 0.2) is 16.6 Å². The van der Waals surface area contributed by atoms with Crippen LogP contribution in [0.25, 0.3) is 0 Å². The van der Waals surface area contributed by atoms with Crippen LogP contribution < -0.4 is 30.7 Å². The number of rotatable bonds is 13.